The first-order chi connectivity index (χ1) is 11.2. The van der Waals surface area contributed by atoms with E-state index in [0.29, 0.717) is 0 Å². The van der Waals surface area contributed by atoms with Gasteiger partial charge in [-0.15, -0.1) is 0 Å². The fourth-order valence-corrected chi connectivity index (χ4v) is 2.97. The molecule has 0 aliphatic rings. The Hall–Kier alpha value is -2.01. The number of hydrogen-bond acceptors (Lipinski definition) is 2. The Morgan fingerprint density at radius 3 is 1.52 bits per heavy atom. The molecule has 2 nitrogen and oxygen atoms in total. The average Bonchev–Trinajstić information content (AvgIpc) is 2.62. The molecule has 0 aromatic heterocycles. The van der Waals surface area contributed by atoms with E-state index in [1.165, 1.54) is 14.7 Å². The molecule has 0 saturated heterocycles. The lowest BCUT2D eigenvalue weighted by atomic mass is 9.99. The zero-order chi connectivity index (χ0) is 16.2. The number of hydrogen-bond donors (Lipinski definition) is 0. The van der Waals surface area contributed by atoms with Gasteiger partial charge in [-0.3, -0.25) is 0 Å². The van der Waals surface area contributed by atoms with Gasteiger partial charge in [0.05, 0.1) is 19.8 Å². The molecule has 3 rings (SSSR count). The second-order valence-electron chi connectivity index (χ2n) is 5.12. The lowest BCUT2D eigenvalue weighted by Crippen LogP contribution is -1.92. The van der Waals surface area contributed by atoms with Crippen LogP contribution >= 0.6 is 22.6 Å². The van der Waals surface area contributed by atoms with Crippen LogP contribution in [0.4, 0.5) is 0 Å². The Balaban J connectivity index is 2.01. The summed E-state index contributed by atoms with van der Waals surface area (Å²) in [6.45, 7) is 0. The van der Waals surface area contributed by atoms with Crippen LogP contribution in [0.5, 0.6) is 11.5 Å². The largest absolute Gasteiger partial charge is 0.496 e. The van der Waals surface area contributed by atoms with Crippen molar-refractivity contribution in [2.45, 2.75) is 0 Å². The highest BCUT2D eigenvalue weighted by molar-refractivity contribution is 14.1. The highest BCUT2D eigenvalue weighted by Crippen LogP contribution is 2.38. The summed E-state index contributed by atoms with van der Waals surface area (Å²) in [5.74, 6) is 1.62. The van der Waals surface area contributed by atoms with Gasteiger partial charge in [-0.1, -0.05) is 42.5 Å². The Morgan fingerprint density at radius 2 is 1.04 bits per heavy atom. The molecule has 0 unspecified atom stereocenters. The molecule has 0 heterocycles. The summed E-state index contributed by atoms with van der Waals surface area (Å²) in [6, 6.07) is 22.8. The van der Waals surface area contributed by atoms with Crippen molar-refractivity contribution in [3.05, 3.63) is 70.3 Å². The van der Waals surface area contributed by atoms with E-state index in [9.17, 15) is 0 Å². The molecule has 0 aliphatic carbocycles. The molecule has 3 heteroatoms. The molecule has 116 valence electrons. The first kappa shape index (κ1) is 15.9. The Morgan fingerprint density at radius 1 is 0.609 bits per heavy atom. The average molecular weight is 416 g/mol. The van der Waals surface area contributed by atoms with Crippen molar-refractivity contribution >= 4 is 22.6 Å². The Labute approximate surface area is 150 Å². The predicted octanol–water partition coefficient (Wildman–Crippen LogP) is 5.64. The van der Waals surface area contributed by atoms with E-state index in [-0.39, 0.29) is 0 Å². The molecule has 0 amide bonds. The minimum absolute atomic E-state index is 0.811. The van der Waals surface area contributed by atoms with Crippen molar-refractivity contribution in [3.8, 4) is 33.8 Å². The number of halogens is 1. The summed E-state index contributed by atoms with van der Waals surface area (Å²) >= 11 is 2.32. The third kappa shape index (κ3) is 3.34. The summed E-state index contributed by atoms with van der Waals surface area (Å²) in [5, 5.41) is 0. The van der Waals surface area contributed by atoms with Crippen LogP contribution in [0.2, 0.25) is 0 Å². The smallest absolute Gasteiger partial charge is 0.130 e. The minimum atomic E-state index is 0.811. The van der Waals surface area contributed by atoms with Gasteiger partial charge in [0.2, 0.25) is 0 Å². The van der Waals surface area contributed by atoms with Crippen molar-refractivity contribution in [2.75, 3.05) is 14.2 Å². The van der Waals surface area contributed by atoms with Crippen molar-refractivity contribution < 1.29 is 9.47 Å². The van der Waals surface area contributed by atoms with Crippen molar-refractivity contribution in [1.82, 2.24) is 0 Å². The van der Waals surface area contributed by atoms with Gasteiger partial charge in [0.15, 0.2) is 0 Å². The van der Waals surface area contributed by atoms with Gasteiger partial charge in [0.1, 0.15) is 11.5 Å². The van der Waals surface area contributed by atoms with E-state index in [1.807, 2.05) is 18.2 Å². The minimum Gasteiger partial charge on any atom is -0.496 e. The molecule has 3 aromatic carbocycles. The van der Waals surface area contributed by atoms with Gasteiger partial charge in [0.25, 0.3) is 0 Å². The van der Waals surface area contributed by atoms with Gasteiger partial charge in [-0.05, 0) is 63.5 Å². The zero-order valence-electron chi connectivity index (χ0n) is 13.0. The second kappa shape index (κ2) is 7.04. The summed E-state index contributed by atoms with van der Waals surface area (Å²) in [4.78, 5) is 0. The lowest BCUT2D eigenvalue weighted by Gasteiger charge is -2.13. The summed E-state index contributed by atoms with van der Waals surface area (Å²) < 4.78 is 12.2. The fraction of sp³-hybridized carbons (Fsp3) is 0.100. The quantitative estimate of drug-likeness (QED) is 0.513. The van der Waals surface area contributed by atoms with Crippen LogP contribution in [0.3, 0.4) is 0 Å². The fourth-order valence-electron chi connectivity index (χ4n) is 2.61. The summed E-state index contributed by atoms with van der Waals surface area (Å²) in [5.41, 5.74) is 4.46. The lowest BCUT2D eigenvalue weighted by molar-refractivity contribution is 0.397. The molecule has 0 spiro atoms. The van der Waals surface area contributed by atoms with Crippen molar-refractivity contribution in [3.63, 3.8) is 0 Å². The molecule has 3 aromatic rings. The molecule has 0 radical (unpaired) electrons. The molecular weight excluding hydrogens is 399 g/mol. The third-order valence-corrected chi connectivity index (χ3v) is 4.50. The number of rotatable bonds is 4. The van der Waals surface area contributed by atoms with Crippen LogP contribution in [0.15, 0.2) is 66.7 Å². The standard InChI is InChI=1S/C20H17IO2/c1-22-18-4-3-5-19(23-2)20(18)16-8-6-14(7-9-16)15-10-12-17(21)13-11-15/h3-13H,1-2H3. The summed E-state index contributed by atoms with van der Waals surface area (Å²) in [6.07, 6.45) is 0. The van der Waals surface area contributed by atoms with E-state index in [2.05, 4.69) is 71.1 Å². The monoisotopic (exact) mass is 416 g/mol. The van der Waals surface area contributed by atoms with Crippen LogP contribution in [-0.2, 0) is 0 Å². The SMILES string of the molecule is COc1cccc(OC)c1-c1ccc(-c2ccc(I)cc2)cc1. The molecule has 0 aliphatic heterocycles. The van der Waals surface area contributed by atoms with Crippen LogP contribution in [0.25, 0.3) is 22.3 Å². The van der Waals surface area contributed by atoms with E-state index in [1.54, 1.807) is 14.2 Å². The van der Waals surface area contributed by atoms with Crippen LogP contribution in [-0.4, -0.2) is 14.2 Å². The maximum absolute atomic E-state index is 5.49. The van der Waals surface area contributed by atoms with Gasteiger partial charge >= 0.3 is 0 Å². The number of benzene rings is 3. The predicted molar refractivity (Wildman–Crippen MR) is 103 cm³/mol. The van der Waals surface area contributed by atoms with Crippen molar-refractivity contribution in [2.24, 2.45) is 0 Å². The highest BCUT2D eigenvalue weighted by Gasteiger charge is 2.12. The van der Waals surface area contributed by atoms with Crippen LogP contribution < -0.4 is 9.47 Å². The van der Waals surface area contributed by atoms with Crippen molar-refractivity contribution in [1.29, 1.82) is 0 Å². The van der Waals surface area contributed by atoms with Gasteiger partial charge in [0, 0.05) is 3.57 Å². The zero-order valence-corrected chi connectivity index (χ0v) is 15.2. The molecular formula is C20H17IO2. The van der Waals surface area contributed by atoms with Crippen LogP contribution in [0.1, 0.15) is 0 Å². The second-order valence-corrected chi connectivity index (χ2v) is 6.37. The van der Waals surface area contributed by atoms with E-state index in [0.717, 1.165) is 22.6 Å². The molecule has 0 fully saturated rings. The topological polar surface area (TPSA) is 18.5 Å². The van der Waals surface area contributed by atoms with E-state index in [4.69, 9.17) is 9.47 Å². The molecule has 23 heavy (non-hydrogen) atoms. The van der Waals surface area contributed by atoms with Gasteiger partial charge < -0.3 is 9.47 Å². The molecule has 0 saturated carbocycles. The van der Waals surface area contributed by atoms with E-state index < -0.39 is 0 Å². The Bertz CT molecular complexity index is 771. The van der Waals surface area contributed by atoms with Crippen LogP contribution in [0, 0.1) is 3.57 Å². The highest BCUT2D eigenvalue weighted by atomic mass is 127. The Kier molecular flexibility index (Phi) is 4.86. The first-order valence-electron chi connectivity index (χ1n) is 7.30. The van der Waals surface area contributed by atoms with E-state index >= 15 is 0 Å². The maximum atomic E-state index is 5.49. The summed E-state index contributed by atoms with van der Waals surface area (Å²) in [7, 11) is 3.36. The third-order valence-electron chi connectivity index (χ3n) is 3.78. The first-order valence-corrected chi connectivity index (χ1v) is 8.38. The molecule has 0 atom stereocenters. The molecule has 0 N–H and O–H groups in total. The number of methoxy groups -OCH3 is 2. The normalized spacial score (nSPS) is 10.4. The maximum Gasteiger partial charge on any atom is 0.130 e. The number of ether oxygens (including phenoxy) is 2. The van der Waals surface area contributed by atoms with Gasteiger partial charge in [-0.2, -0.15) is 0 Å². The van der Waals surface area contributed by atoms with Gasteiger partial charge in [-0.25, -0.2) is 0 Å². The molecule has 0 bridgehead atoms.